The Balaban J connectivity index is 1.72. The molecule has 5 rings (SSSR count). The number of imide groups is 1. The van der Waals surface area contributed by atoms with Crippen LogP contribution in [0.15, 0.2) is 48.5 Å². The van der Waals surface area contributed by atoms with E-state index in [0.29, 0.717) is 25.3 Å². The van der Waals surface area contributed by atoms with Gasteiger partial charge in [0.05, 0.1) is 31.5 Å². The second-order valence-corrected chi connectivity index (χ2v) is 7.42. The van der Waals surface area contributed by atoms with Gasteiger partial charge in [-0.1, -0.05) is 36.4 Å². The molecule has 0 aliphatic carbocycles. The third-order valence-electron chi connectivity index (χ3n) is 6.13. The van der Waals surface area contributed by atoms with Crippen LogP contribution in [0.3, 0.4) is 0 Å². The van der Waals surface area contributed by atoms with Crippen molar-refractivity contribution in [2.75, 3.05) is 36.2 Å². The van der Waals surface area contributed by atoms with Gasteiger partial charge in [-0.2, -0.15) is 0 Å². The fourth-order valence-electron chi connectivity index (χ4n) is 4.99. The topological polar surface area (TPSA) is 59.1 Å². The second-order valence-electron chi connectivity index (χ2n) is 7.42. The molecule has 1 saturated heterocycles. The van der Waals surface area contributed by atoms with Crippen LogP contribution in [0, 0.1) is 0 Å². The molecule has 0 aromatic heterocycles. The van der Waals surface area contributed by atoms with Gasteiger partial charge in [0.15, 0.2) is 0 Å². The van der Waals surface area contributed by atoms with E-state index in [4.69, 9.17) is 9.47 Å². The summed E-state index contributed by atoms with van der Waals surface area (Å²) in [6.45, 7) is 3.76. The van der Waals surface area contributed by atoms with Crippen LogP contribution in [0.1, 0.15) is 18.1 Å². The number of nitrogens with zero attached hydrogens (tertiary/aromatic N) is 2. The average molecular weight is 378 g/mol. The Hall–Kier alpha value is -2.86. The smallest absolute Gasteiger partial charge is 0.421 e. The highest BCUT2D eigenvalue weighted by molar-refractivity contribution is 6.22. The van der Waals surface area contributed by atoms with Crippen LogP contribution >= 0.6 is 0 Å². The Labute approximate surface area is 163 Å². The quantitative estimate of drug-likeness (QED) is 0.764. The molecular formula is C22H22N2O4. The predicted molar refractivity (Wildman–Crippen MR) is 105 cm³/mol. The van der Waals surface area contributed by atoms with Crippen LogP contribution in [0.4, 0.5) is 16.2 Å². The molecule has 0 saturated carbocycles. The normalized spacial score (nSPS) is 25.3. The number of hydrogen-bond acceptors (Lipinski definition) is 5. The van der Waals surface area contributed by atoms with Gasteiger partial charge in [-0.05, 0) is 36.6 Å². The number of morpholine rings is 1. The molecule has 0 N–H and O–H groups in total. The molecule has 28 heavy (non-hydrogen) atoms. The Bertz CT molecular complexity index is 959. The van der Waals surface area contributed by atoms with Crippen molar-refractivity contribution < 1.29 is 19.1 Å². The van der Waals surface area contributed by atoms with Gasteiger partial charge in [0.25, 0.3) is 0 Å². The van der Waals surface area contributed by atoms with Crippen LogP contribution in [-0.2, 0) is 26.1 Å². The summed E-state index contributed by atoms with van der Waals surface area (Å²) in [6.07, 6.45) is -0.0710. The van der Waals surface area contributed by atoms with E-state index < -0.39 is 11.5 Å². The Morgan fingerprint density at radius 1 is 1.18 bits per heavy atom. The molecule has 3 aliphatic rings. The molecule has 3 heterocycles. The zero-order valence-electron chi connectivity index (χ0n) is 15.8. The van der Waals surface area contributed by atoms with E-state index in [9.17, 15) is 9.59 Å². The maximum atomic E-state index is 13.9. The van der Waals surface area contributed by atoms with Crippen molar-refractivity contribution in [1.29, 1.82) is 0 Å². The van der Waals surface area contributed by atoms with Gasteiger partial charge in [0.1, 0.15) is 5.41 Å². The average Bonchev–Trinajstić information content (AvgIpc) is 2.97. The maximum Gasteiger partial charge on any atom is 0.421 e. The molecule has 6 heteroatoms. The van der Waals surface area contributed by atoms with Gasteiger partial charge in [0, 0.05) is 12.2 Å². The number of para-hydroxylation sites is 2. The molecular weight excluding hydrogens is 356 g/mol. The maximum absolute atomic E-state index is 13.9. The zero-order valence-corrected chi connectivity index (χ0v) is 15.8. The minimum Gasteiger partial charge on any atom is -0.449 e. The first-order chi connectivity index (χ1) is 13.7. The van der Waals surface area contributed by atoms with Crippen molar-refractivity contribution in [3.63, 3.8) is 0 Å². The predicted octanol–water partition coefficient (Wildman–Crippen LogP) is 2.89. The number of rotatable bonds is 1. The highest BCUT2D eigenvalue weighted by Crippen LogP contribution is 2.52. The largest absolute Gasteiger partial charge is 0.449 e. The number of ether oxygens (including phenoxy) is 2. The van der Waals surface area contributed by atoms with Crippen LogP contribution in [-0.4, -0.2) is 44.4 Å². The molecule has 1 spiro atoms. The van der Waals surface area contributed by atoms with Crippen molar-refractivity contribution in [2.24, 2.45) is 0 Å². The minimum atomic E-state index is -0.863. The number of carbonyl (C=O) groups is 2. The lowest BCUT2D eigenvalue weighted by Gasteiger charge is -2.50. The monoisotopic (exact) mass is 378 g/mol. The third kappa shape index (κ3) is 2.18. The van der Waals surface area contributed by atoms with Crippen molar-refractivity contribution in [3.05, 3.63) is 59.7 Å². The lowest BCUT2D eigenvalue weighted by Crippen LogP contribution is -2.64. The molecule has 3 aliphatic heterocycles. The second kappa shape index (κ2) is 6.34. The van der Waals surface area contributed by atoms with Gasteiger partial charge < -0.3 is 14.4 Å². The number of hydrogen-bond donors (Lipinski definition) is 0. The highest BCUT2D eigenvalue weighted by Gasteiger charge is 2.61. The number of fused-ring (bicyclic) bond motifs is 6. The van der Waals surface area contributed by atoms with Gasteiger partial charge in [-0.15, -0.1) is 0 Å². The SMILES string of the molecule is CCOC(=O)N1C(=O)[C@]2(Cc3ccccc3N3CCOC[C@@H]32)c2ccccc21. The summed E-state index contributed by atoms with van der Waals surface area (Å²) >= 11 is 0. The van der Waals surface area contributed by atoms with Crippen LogP contribution in [0.2, 0.25) is 0 Å². The first kappa shape index (κ1) is 17.3. The number of anilines is 2. The van der Waals surface area contributed by atoms with Crippen molar-refractivity contribution >= 4 is 23.4 Å². The van der Waals surface area contributed by atoms with Crippen LogP contribution < -0.4 is 9.80 Å². The van der Waals surface area contributed by atoms with Crippen LogP contribution in [0.25, 0.3) is 0 Å². The molecule has 1 fully saturated rings. The molecule has 2 aromatic rings. The minimum absolute atomic E-state index is 0.163. The van der Waals surface area contributed by atoms with Crippen molar-refractivity contribution in [3.8, 4) is 0 Å². The molecule has 2 aromatic carbocycles. The third-order valence-corrected chi connectivity index (χ3v) is 6.13. The summed E-state index contributed by atoms with van der Waals surface area (Å²) in [5.74, 6) is -0.220. The van der Waals surface area contributed by atoms with E-state index >= 15 is 0 Å². The molecule has 0 unspecified atom stereocenters. The number of amides is 2. The fourth-order valence-corrected chi connectivity index (χ4v) is 4.99. The molecule has 6 nitrogen and oxygen atoms in total. The van der Waals surface area contributed by atoms with Gasteiger partial charge in [-0.25, -0.2) is 9.69 Å². The standard InChI is InChI=1S/C22H22N2O4/c1-2-28-21(26)24-18-10-6-4-8-16(18)22(20(24)25)13-15-7-3-5-9-17(15)23-11-12-27-14-19(22)23/h3-10,19H,2,11-14H2,1H3/t19-,22-/m1/s1. The van der Waals surface area contributed by atoms with E-state index in [-0.39, 0.29) is 18.6 Å². The highest BCUT2D eigenvalue weighted by atomic mass is 16.6. The first-order valence-corrected chi connectivity index (χ1v) is 9.71. The van der Waals surface area contributed by atoms with E-state index in [0.717, 1.165) is 23.4 Å². The van der Waals surface area contributed by atoms with E-state index in [2.05, 4.69) is 17.0 Å². The number of benzene rings is 2. The summed E-state index contributed by atoms with van der Waals surface area (Å²) in [7, 11) is 0. The van der Waals surface area contributed by atoms with Crippen molar-refractivity contribution in [2.45, 2.75) is 24.8 Å². The van der Waals surface area contributed by atoms with Gasteiger partial charge >= 0.3 is 6.09 Å². The Kier molecular flexibility index (Phi) is 3.91. The summed E-state index contributed by atoms with van der Waals surface area (Å²) in [4.78, 5) is 30.1. The summed E-state index contributed by atoms with van der Waals surface area (Å²) in [5.41, 5.74) is 2.91. The molecule has 0 radical (unpaired) electrons. The van der Waals surface area contributed by atoms with E-state index in [1.165, 1.54) is 4.90 Å². The first-order valence-electron chi connectivity index (χ1n) is 9.71. The molecule has 144 valence electrons. The molecule has 0 bridgehead atoms. The van der Waals surface area contributed by atoms with E-state index in [1.54, 1.807) is 6.92 Å². The summed E-state index contributed by atoms with van der Waals surface area (Å²) in [6, 6.07) is 15.6. The number of carbonyl (C=O) groups excluding carboxylic acids is 2. The van der Waals surface area contributed by atoms with Crippen LogP contribution in [0.5, 0.6) is 0 Å². The van der Waals surface area contributed by atoms with Gasteiger partial charge in [0.2, 0.25) is 5.91 Å². The van der Waals surface area contributed by atoms with Gasteiger partial charge in [-0.3, -0.25) is 4.79 Å². The molecule has 2 atom stereocenters. The lowest BCUT2D eigenvalue weighted by molar-refractivity contribution is -0.125. The fraction of sp³-hybridized carbons (Fsp3) is 0.364. The molecule has 2 amide bonds. The zero-order chi connectivity index (χ0) is 19.3. The Morgan fingerprint density at radius 2 is 1.93 bits per heavy atom. The summed E-state index contributed by atoms with van der Waals surface area (Å²) < 4.78 is 11.0. The Morgan fingerprint density at radius 3 is 2.75 bits per heavy atom. The van der Waals surface area contributed by atoms with E-state index in [1.807, 2.05) is 36.4 Å². The van der Waals surface area contributed by atoms with Crippen molar-refractivity contribution in [1.82, 2.24) is 0 Å². The lowest BCUT2D eigenvalue weighted by atomic mass is 9.67. The summed E-state index contributed by atoms with van der Waals surface area (Å²) in [5, 5.41) is 0.